The molecule has 0 saturated carbocycles. The number of aliphatic carboxylic acids is 1. The lowest BCUT2D eigenvalue weighted by Crippen LogP contribution is -2.20. The van der Waals surface area contributed by atoms with Crippen molar-refractivity contribution in [2.24, 2.45) is 7.05 Å². The van der Waals surface area contributed by atoms with Crippen molar-refractivity contribution >= 4 is 28.8 Å². The van der Waals surface area contributed by atoms with Gasteiger partial charge in [0.1, 0.15) is 6.20 Å². The molecule has 19 heavy (non-hydrogen) atoms. The number of anilines is 1. The molecule has 0 bridgehead atoms. The van der Waals surface area contributed by atoms with Gasteiger partial charge in [0.2, 0.25) is 5.82 Å². The van der Waals surface area contributed by atoms with Crippen LogP contribution in [-0.2, 0) is 11.8 Å². The highest BCUT2D eigenvalue weighted by atomic mass is 32.1. The first-order chi connectivity index (χ1) is 8.99. The monoisotopic (exact) mass is 282 g/mol. The quantitative estimate of drug-likeness (QED) is 0.637. The third-order valence-electron chi connectivity index (χ3n) is 2.36. The van der Waals surface area contributed by atoms with Crippen molar-refractivity contribution in [2.45, 2.75) is 6.04 Å². The fourth-order valence-corrected chi connectivity index (χ4v) is 2.33. The maximum atomic E-state index is 11.2. The average molecular weight is 282 g/mol. The number of nitrogens with zero attached hydrogens (tertiary/aromatic N) is 3. The number of aryl methyl sites for hydroxylation is 1. The Morgan fingerprint density at radius 2 is 2.42 bits per heavy atom. The summed E-state index contributed by atoms with van der Waals surface area (Å²) in [6.45, 7) is 0. The molecular weight excluding hydrogens is 272 g/mol. The zero-order valence-corrected chi connectivity index (χ0v) is 10.6. The van der Waals surface area contributed by atoms with Crippen LogP contribution in [0, 0.1) is 10.1 Å². The fraction of sp³-hybridized carbons (Fsp3) is 0.200. The lowest BCUT2D eigenvalue weighted by molar-refractivity contribution is -0.384. The van der Waals surface area contributed by atoms with Crippen LogP contribution in [0.2, 0.25) is 0 Å². The van der Waals surface area contributed by atoms with Gasteiger partial charge in [-0.25, -0.2) is 4.79 Å². The lowest BCUT2D eigenvalue weighted by atomic mass is 10.2. The molecule has 1 atom stereocenters. The number of hydrogen-bond donors (Lipinski definition) is 2. The second-order valence-electron chi connectivity index (χ2n) is 3.72. The van der Waals surface area contributed by atoms with E-state index in [2.05, 4.69) is 10.4 Å². The Morgan fingerprint density at radius 1 is 1.68 bits per heavy atom. The van der Waals surface area contributed by atoms with Crippen molar-refractivity contribution in [1.29, 1.82) is 0 Å². The van der Waals surface area contributed by atoms with Gasteiger partial charge in [-0.15, -0.1) is 16.4 Å². The standard InChI is InChI=1S/C10H10N4O4S/c1-13-5-6(14(17)18)9(12-13)11-8(10(15)16)7-3-2-4-19-7/h2-5,8H,1H3,(H,11,12)(H,15,16). The number of hydrogen-bond acceptors (Lipinski definition) is 6. The summed E-state index contributed by atoms with van der Waals surface area (Å²) >= 11 is 1.25. The van der Waals surface area contributed by atoms with Crippen molar-refractivity contribution in [2.75, 3.05) is 5.32 Å². The smallest absolute Gasteiger partial charge is 0.331 e. The molecule has 0 saturated heterocycles. The van der Waals surface area contributed by atoms with Gasteiger partial charge >= 0.3 is 11.7 Å². The number of carboxylic acid groups (broad SMARTS) is 1. The number of carboxylic acids is 1. The topological polar surface area (TPSA) is 110 Å². The van der Waals surface area contributed by atoms with Crippen LogP contribution >= 0.6 is 11.3 Å². The van der Waals surface area contributed by atoms with E-state index in [1.165, 1.54) is 29.3 Å². The van der Waals surface area contributed by atoms with Crippen LogP contribution in [0.1, 0.15) is 10.9 Å². The highest BCUT2D eigenvalue weighted by Crippen LogP contribution is 2.28. The summed E-state index contributed by atoms with van der Waals surface area (Å²) in [6, 6.07) is 2.30. The maximum absolute atomic E-state index is 11.2. The number of thiophene rings is 1. The molecule has 9 heteroatoms. The van der Waals surface area contributed by atoms with Crippen LogP contribution < -0.4 is 5.32 Å². The normalized spacial score (nSPS) is 12.1. The predicted molar refractivity (Wildman–Crippen MR) is 68.2 cm³/mol. The molecule has 0 radical (unpaired) electrons. The van der Waals surface area contributed by atoms with Gasteiger partial charge in [-0.2, -0.15) is 0 Å². The molecule has 8 nitrogen and oxygen atoms in total. The van der Waals surface area contributed by atoms with Crippen molar-refractivity contribution in [3.05, 3.63) is 38.7 Å². The van der Waals surface area contributed by atoms with Gasteiger partial charge in [0.25, 0.3) is 0 Å². The molecule has 0 aromatic carbocycles. The molecule has 100 valence electrons. The number of aromatic nitrogens is 2. The highest BCUT2D eigenvalue weighted by molar-refractivity contribution is 7.10. The van der Waals surface area contributed by atoms with E-state index in [1.807, 2.05) is 0 Å². The molecular formula is C10H10N4O4S. The molecule has 0 fully saturated rings. The molecule has 0 aliphatic rings. The number of nitrogens with one attached hydrogen (secondary N) is 1. The van der Waals surface area contributed by atoms with E-state index in [1.54, 1.807) is 17.5 Å². The van der Waals surface area contributed by atoms with E-state index >= 15 is 0 Å². The summed E-state index contributed by atoms with van der Waals surface area (Å²) in [4.78, 5) is 22.0. The molecule has 2 aromatic heterocycles. The second-order valence-corrected chi connectivity index (χ2v) is 4.70. The van der Waals surface area contributed by atoms with Crippen molar-refractivity contribution in [3.8, 4) is 0 Å². The van der Waals surface area contributed by atoms with Crippen LogP contribution in [0.4, 0.5) is 11.5 Å². The Bertz CT molecular complexity index is 607. The molecule has 2 aromatic rings. The van der Waals surface area contributed by atoms with E-state index in [4.69, 9.17) is 0 Å². The van der Waals surface area contributed by atoms with Gasteiger partial charge in [-0.1, -0.05) is 6.07 Å². The van der Waals surface area contributed by atoms with Gasteiger partial charge in [0.15, 0.2) is 6.04 Å². The molecule has 2 rings (SSSR count). The van der Waals surface area contributed by atoms with Gasteiger partial charge in [0.05, 0.1) is 4.92 Å². The summed E-state index contributed by atoms with van der Waals surface area (Å²) in [5.74, 6) is -1.18. The van der Waals surface area contributed by atoms with E-state index < -0.39 is 16.9 Å². The van der Waals surface area contributed by atoms with Gasteiger partial charge in [0, 0.05) is 11.9 Å². The van der Waals surface area contributed by atoms with Crippen LogP contribution in [0.5, 0.6) is 0 Å². The highest BCUT2D eigenvalue weighted by Gasteiger charge is 2.26. The summed E-state index contributed by atoms with van der Waals surface area (Å²) in [5.41, 5.74) is -0.259. The molecule has 0 spiro atoms. The van der Waals surface area contributed by atoms with Crippen LogP contribution in [0.3, 0.4) is 0 Å². The number of nitro groups is 1. The first-order valence-electron chi connectivity index (χ1n) is 5.20. The Hall–Kier alpha value is -2.42. The first-order valence-corrected chi connectivity index (χ1v) is 6.08. The van der Waals surface area contributed by atoms with E-state index in [-0.39, 0.29) is 11.5 Å². The van der Waals surface area contributed by atoms with Gasteiger partial charge < -0.3 is 10.4 Å². The van der Waals surface area contributed by atoms with E-state index in [0.29, 0.717) is 4.88 Å². The van der Waals surface area contributed by atoms with Gasteiger partial charge in [-0.3, -0.25) is 14.8 Å². The Morgan fingerprint density at radius 3 is 2.95 bits per heavy atom. The molecule has 2 heterocycles. The minimum atomic E-state index is -1.12. The number of carbonyl (C=O) groups is 1. The SMILES string of the molecule is Cn1cc([N+](=O)[O-])c(NC(C(=O)O)c2cccs2)n1. The minimum absolute atomic E-state index is 0.0618. The third-order valence-corrected chi connectivity index (χ3v) is 3.30. The Labute approximate surface area is 111 Å². The first kappa shape index (κ1) is 13.0. The van der Waals surface area contributed by atoms with E-state index in [0.717, 1.165) is 0 Å². The molecule has 2 N–H and O–H groups in total. The second kappa shape index (κ2) is 5.06. The van der Waals surface area contributed by atoms with Crippen LogP contribution in [-0.4, -0.2) is 25.8 Å². The number of rotatable bonds is 5. The van der Waals surface area contributed by atoms with Crippen molar-refractivity contribution < 1.29 is 14.8 Å². The predicted octanol–water partition coefficient (Wildman–Crippen LogP) is 1.63. The molecule has 1 unspecified atom stereocenters. The van der Waals surface area contributed by atoms with Crippen LogP contribution in [0.25, 0.3) is 0 Å². The largest absolute Gasteiger partial charge is 0.479 e. The zero-order valence-electron chi connectivity index (χ0n) is 9.81. The zero-order chi connectivity index (χ0) is 14.0. The molecule has 0 aliphatic heterocycles. The average Bonchev–Trinajstić information content (AvgIpc) is 2.94. The minimum Gasteiger partial charge on any atom is -0.479 e. The fourth-order valence-electron chi connectivity index (χ4n) is 1.56. The summed E-state index contributed by atoms with van der Waals surface area (Å²) in [7, 11) is 1.53. The Balaban J connectivity index is 2.32. The van der Waals surface area contributed by atoms with E-state index in [9.17, 15) is 20.0 Å². The molecule has 0 aliphatic carbocycles. The van der Waals surface area contributed by atoms with Crippen molar-refractivity contribution in [1.82, 2.24) is 9.78 Å². The summed E-state index contributed by atoms with van der Waals surface area (Å²) < 4.78 is 1.26. The maximum Gasteiger partial charge on any atom is 0.331 e. The third kappa shape index (κ3) is 2.71. The van der Waals surface area contributed by atoms with Crippen molar-refractivity contribution in [3.63, 3.8) is 0 Å². The summed E-state index contributed by atoms with van der Waals surface area (Å²) in [6.07, 6.45) is 1.22. The summed E-state index contributed by atoms with van der Waals surface area (Å²) in [5, 5.41) is 28.2. The van der Waals surface area contributed by atoms with Crippen LogP contribution in [0.15, 0.2) is 23.7 Å². The lowest BCUT2D eigenvalue weighted by Gasteiger charge is -2.11. The van der Waals surface area contributed by atoms with Gasteiger partial charge in [-0.05, 0) is 11.4 Å². The Kier molecular flexibility index (Phi) is 3.47. The molecule has 0 amide bonds.